The Morgan fingerprint density at radius 1 is 0.964 bits per heavy atom. The van der Waals surface area contributed by atoms with Crippen LogP contribution in [0.2, 0.25) is 0 Å². The summed E-state index contributed by atoms with van der Waals surface area (Å²) in [5.74, 6) is -0.851. The smallest absolute Gasteiger partial charge is 0.319 e. The van der Waals surface area contributed by atoms with Gasteiger partial charge in [-0.25, -0.2) is 9.18 Å². The Morgan fingerprint density at radius 2 is 1.61 bits per heavy atom. The first-order chi connectivity index (χ1) is 13.4. The highest BCUT2D eigenvalue weighted by Crippen LogP contribution is 2.19. The molecule has 0 radical (unpaired) electrons. The van der Waals surface area contributed by atoms with E-state index < -0.39 is 11.8 Å². The molecule has 6 nitrogen and oxygen atoms in total. The molecule has 0 aliphatic rings. The van der Waals surface area contributed by atoms with E-state index in [0.29, 0.717) is 12.2 Å². The number of carbonyl (C=O) groups is 2. The van der Waals surface area contributed by atoms with Crippen molar-refractivity contribution in [3.05, 3.63) is 59.4 Å². The molecule has 0 atom stereocenters. The highest BCUT2D eigenvalue weighted by Gasteiger charge is 2.09. The largest absolute Gasteiger partial charge is 0.334 e. The molecule has 0 saturated heterocycles. The van der Waals surface area contributed by atoms with E-state index in [1.54, 1.807) is 0 Å². The summed E-state index contributed by atoms with van der Waals surface area (Å²) in [5, 5.41) is 7.72. The van der Waals surface area contributed by atoms with Gasteiger partial charge in [0.05, 0.1) is 5.69 Å². The number of amides is 3. The minimum absolute atomic E-state index is 0.00156. The second-order valence-corrected chi connectivity index (χ2v) is 6.46. The Bertz CT molecular complexity index is 805. The quantitative estimate of drug-likeness (QED) is 0.643. The summed E-state index contributed by atoms with van der Waals surface area (Å²) in [6, 6.07) is 11.5. The van der Waals surface area contributed by atoms with Gasteiger partial charge in [-0.05, 0) is 42.4 Å². The number of urea groups is 1. The van der Waals surface area contributed by atoms with Crippen molar-refractivity contribution in [3.63, 3.8) is 0 Å². The average molecular weight is 386 g/mol. The lowest BCUT2D eigenvalue weighted by molar-refractivity contribution is -0.114. The molecule has 150 valence electrons. The Kier molecular flexibility index (Phi) is 7.95. The van der Waals surface area contributed by atoms with E-state index in [1.807, 2.05) is 24.3 Å². The van der Waals surface area contributed by atoms with Gasteiger partial charge in [0.2, 0.25) is 5.91 Å². The van der Waals surface area contributed by atoms with Crippen LogP contribution in [0.3, 0.4) is 0 Å². The third-order valence-corrected chi connectivity index (χ3v) is 4.31. The van der Waals surface area contributed by atoms with E-state index in [0.717, 1.165) is 25.2 Å². The van der Waals surface area contributed by atoms with Crippen LogP contribution in [0, 0.1) is 5.82 Å². The van der Waals surface area contributed by atoms with Gasteiger partial charge in [0, 0.05) is 25.7 Å². The maximum atomic E-state index is 13.9. The van der Waals surface area contributed by atoms with Crippen LogP contribution in [0.5, 0.6) is 0 Å². The van der Waals surface area contributed by atoms with Crippen LogP contribution in [0.15, 0.2) is 42.5 Å². The molecule has 2 rings (SSSR count). The molecule has 0 saturated carbocycles. The average Bonchev–Trinajstić information content (AvgIpc) is 2.67. The molecule has 0 heterocycles. The zero-order valence-electron chi connectivity index (χ0n) is 16.5. The van der Waals surface area contributed by atoms with E-state index in [1.165, 1.54) is 30.7 Å². The van der Waals surface area contributed by atoms with E-state index in [-0.39, 0.29) is 11.6 Å². The molecular weight excluding hydrogens is 359 g/mol. The lowest BCUT2D eigenvalue weighted by Gasteiger charge is -2.18. The molecule has 2 aromatic rings. The predicted octanol–water partition coefficient (Wildman–Crippen LogP) is 3.95. The van der Waals surface area contributed by atoms with E-state index in [9.17, 15) is 14.0 Å². The minimum Gasteiger partial charge on any atom is -0.334 e. The molecule has 3 amide bonds. The fourth-order valence-corrected chi connectivity index (χ4v) is 2.72. The van der Waals surface area contributed by atoms with E-state index in [4.69, 9.17) is 0 Å². The van der Waals surface area contributed by atoms with Crippen molar-refractivity contribution in [3.8, 4) is 0 Å². The van der Waals surface area contributed by atoms with Crippen molar-refractivity contribution >= 4 is 23.3 Å². The van der Waals surface area contributed by atoms with Crippen molar-refractivity contribution < 1.29 is 14.0 Å². The standard InChI is InChI=1S/C21H27FN4O2/c1-4-26(5-2)14-17-8-6-16(7-9-17)13-23-21(28)25-20-12-18(24-15(3)27)10-11-19(20)22/h6-12H,4-5,13-14H2,1-3H3,(H,24,27)(H2,23,25,28). The van der Waals surface area contributed by atoms with Crippen molar-refractivity contribution in [2.45, 2.75) is 33.9 Å². The van der Waals surface area contributed by atoms with Crippen LogP contribution in [0.1, 0.15) is 31.9 Å². The maximum absolute atomic E-state index is 13.9. The zero-order chi connectivity index (χ0) is 20.5. The summed E-state index contributed by atoms with van der Waals surface area (Å²) < 4.78 is 13.9. The first kappa shape index (κ1) is 21.4. The third kappa shape index (κ3) is 6.66. The molecule has 0 unspecified atom stereocenters. The predicted molar refractivity (Wildman–Crippen MR) is 110 cm³/mol. The van der Waals surface area contributed by atoms with Gasteiger partial charge >= 0.3 is 6.03 Å². The third-order valence-electron chi connectivity index (χ3n) is 4.31. The fourth-order valence-electron chi connectivity index (χ4n) is 2.72. The Morgan fingerprint density at radius 3 is 2.21 bits per heavy atom. The highest BCUT2D eigenvalue weighted by atomic mass is 19.1. The first-order valence-corrected chi connectivity index (χ1v) is 9.33. The molecule has 0 fully saturated rings. The van der Waals surface area contributed by atoms with Crippen LogP contribution in [0.25, 0.3) is 0 Å². The van der Waals surface area contributed by atoms with Gasteiger partial charge in [-0.3, -0.25) is 9.69 Å². The number of rotatable bonds is 8. The van der Waals surface area contributed by atoms with Crippen LogP contribution in [0.4, 0.5) is 20.6 Å². The van der Waals surface area contributed by atoms with Crippen molar-refractivity contribution in [2.75, 3.05) is 23.7 Å². The summed E-state index contributed by atoms with van der Waals surface area (Å²) in [5.41, 5.74) is 2.57. The summed E-state index contributed by atoms with van der Waals surface area (Å²) in [4.78, 5) is 25.5. The van der Waals surface area contributed by atoms with Gasteiger partial charge < -0.3 is 16.0 Å². The maximum Gasteiger partial charge on any atom is 0.319 e. The summed E-state index contributed by atoms with van der Waals surface area (Å²) in [6.07, 6.45) is 0. The highest BCUT2D eigenvalue weighted by molar-refractivity contribution is 5.92. The monoisotopic (exact) mass is 386 g/mol. The lowest BCUT2D eigenvalue weighted by Crippen LogP contribution is -2.28. The van der Waals surface area contributed by atoms with Gasteiger partial charge in [-0.2, -0.15) is 0 Å². The van der Waals surface area contributed by atoms with Crippen LogP contribution in [-0.4, -0.2) is 29.9 Å². The van der Waals surface area contributed by atoms with E-state index in [2.05, 4.69) is 34.7 Å². The molecule has 0 aliphatic heterocycles. The number of nitrogens with one attached hydrogen (secondary N) is 3. The van der Waals surface area contributed by atoms with Gasteiger partial charge in [-0.1, -0.05) is 38.1 Å². The van der Waals surface area contributed by atoms with Gasteiger partial charge in [0.15, 0.2) is 0 Å². The van der Waals surface area contributed by atoms with Gasteiger partial charge in [0.1, 0.15) is 5.82 Å². The first-order valence-electron chi connectivity index (χ1n) is 9.33. The van der Waals surface area contributed by atoms with Gasteiger partial charge in [-0.15, -0.1) is 0 Å². The van der Waals surface area contributed by atoms with E-state index >= 15 is 0 Å². The molecule has 2 aromatic carbocycles. The fraction of sp³-hybridized carbons (Fsp3) is 0.333. The SMILES string of the molecule is CCN(CC)Cc1ccc(CNC(=O)Nc2cc(NC(C)=O)ccc2F)cc1. The topological polar surface area (TPSA) is 73.5 Å². The van der Waals surface area contributed by atoms with Crippen molar-refractivity contribution in [2.24, 2.45) is 0 Å². The zero-order valence-corrected chi connectivity index (χ0v) is 16.5. The number of carbonyl (C=O) groups excluding carboxylic acids is 2. The number of benzene rings is 2. The Balaban J connectivity index is 1.89. The van der Waals surface area contributed by atoms with Crippen LogP contribution in [-0.2, 0) is 17.9 Å². The number of hydrogen-bond acceptors (Lipinski definition) is 3. The molecule has 0 spiro atoms. The summed E-state index contributed by atoms with van der Waals surface area (Å²) in [7, 11) is 0. The molecule has 7 heteroatoms. The summed E-state index contributed by atoms with van der Waals surface area (Å²) >= 11 is 0. The van der Waals surface area contributed by atoms with Crippen LogP contribution < -0.4 is 16.0 Å². The molecule has 0 aliphatic carbocycles. The second-order valence-electron chi connectivity index (χ2n) is 6.46. The minimum atomic E-state index is -0.579. The number of nitrogens with zero attached hydrogens (tertiary/aromatic N) is 1. The van der Waals surface area contributed by atoms with Crippen molar-refractivity contribution in [1.82, 2.24) is 10.2 Å². The molecule has 0 aromatic heterocycles. The Labute approximate surface area is 165 Å². The molecule has 28 heavy (non-hydrogen) atoms. The molecule has 3 N–H and O–H groups in total. The number of anilines is 2. The molecule has 0 bridgehead atoms. The second kappa shape index (κ2) is 10.4. The molecular formula is C21H27FN4O2. The normalized spacial score (nSPS) is 10.6. The lowest BCUT2D eigenvalue weighted by atomic mass is 10.1. The summed E-state index contributed by atoms with van der Waals surface area (Å²) in [6.45, 7) is 8.84. The van der Waals surface area contributed by atoms with Crippen LogP contribution >= 0.6 is 0 Å². The van der Waals surface area contributed by atoms with Gasteiger partial charge in [0.25, 0.3) is 0 Å². The van der Waals surface area contributed by atoms with Crippen molar-refractivity contribution in [1.29, 1.82) is 0 Å². The Hall–Kier alpha value is -2.93. The number of halogens is 1. The number of hydrogen-bond donors (Lipinski definition) is 3.